The summed E-state index contributed by atoms with van der Waals surface area (Å²) >= 11 is 1.51. The lowest BCUT2D eigenvalue weighted by molar-refractivity contribution is -0.384. The molecule has 21 heavy (non-hydrogen) atoms. The van der Waals surface area contributed by atoms with Gasteiger partial charge in [-0.2, -0.15) is 11.3 Å². The molecular weight excluding hydrogens is 292 g/mol. The van der Waals surface area contributed by atoms with Crippen LogP contribution < -0.4 is 5.32 Å². The predicted octanol–water partition coefficient (Wildman–Crippen LogP) is 2.51. The standard InChI is InChI=1S/C14H14N2O4S/c17-13(11-6-8-21-9-11)5-7-15-14(18)10-1-3-12(4-2-10)16(19)20/h1-4,6,8-9,13,17H,5,7H2,(H,15,18). The van der Waals surface area contributed by atoms with E-state index < -0.39 is 11.0 Å². The lowest BCUT2D eigenvalue weighted by atomic mass is 10.1. The zero-order valence-electron chi connectivity index (χ0n) is 11.1. The molecule has 2 N–H and O–H groups in total. The molecule has 7 heteroatoms. The van der Waals surface area contributed by atoms with Gasteiger partial charge in [-0.15, -0.1) is 0 Å². The SMILES string of the molecule is O=C(NCCC(O)c1ccsc1)c1ccc([N+](=O)[O-])cc1. The largest absolute Gasteiger partial charge is 0.388 e. The average molecular weight is 306 g/mol. The Kier molecular flexibility index (Phi) is 5.02. The highest BCUT2D eigenvalue weighted by Gasteiger charge is 2.11. The van der Waals surface area contributed by atoms with E-state index in [1.807, 2.05) is 16.8 Å². The summed E-state index contributed by atoms with van der Waals surface area (Å²) in [6.07, 6.45) is -0.191. The second-order valence-corrected chi connectivity index (χ2v) is 5.20. The van der Waals surface area contributed by atoms with Crippen LogP contribution >= 0.6 is 11.3 Å². The molecule has 110 valence electrons. The van der Waals surface area contributed by atoms with Crippen LogP contribution in [0.4, 0.5) is 5.69 Å². The quantitative estimate of drug-likeness (QED) is 0.633. The monoisotopic (exact) mass is 306 g/mol. The van der Waals surface area contributed by atoms with Gasteiger partial charge in [-0.05, 0) is 40.9 Å². The fourth-order valence-corrected chi connectivity index (χ4v) is 2.50. The number of aliphatic hydroxyl groups excluding tert-OH is 1. The second-order valence-electron chi connectivity index (χ2n) is 4.42. The van der Waals surface area contributed by atoms with E-state index in [1.54, 1.807) is 0 Å². The van der Waals surface area contributed by atoms with Crippen molar-refractivity contribution in [1.82, 2.24) is 5.32 Å². The van der Waals surface area contributed by atoms with Gasteiger partial charge in [0.25, 0.3) is 11.6 Å². The van der Waals surface area contributed by atoms with Gasteiger partial charge in [0, 0.05) is 24.2 Å². The molecule has 0 radical (unpaired) electrons. The van der Waals surface area contributed by atoms with Gasteiger partial charge < -0.3 is 10.4 Å². The van der Waals surface area contributed by atoms with Crippen LogP contribution in [0.5, 0.6) is 0 Å². The van der Waals surface area contributed by atoms with E-state index >= 15 is 0 Å². The summed E-state index contributed by atoms with van der Waals surface area (Å²) in [7, 11) is 0. The summed E-state index contributed by atoms with van der Waals surface area (Å²) < 4.78 is 0. The maximum atomic E-state index is 11.8. The number of rotatable bonds is 6. The summed E-state index contributed by atoms with van der Waals surface area (Å²) in [6, 6.07) is 7.23. The topological polar surface area (TPSA) is 92.5 Å². The van der Waals surface area contributed by atoms with E-state index in [-0.39, 0.29) is 11.6 Å². The molecule has 0 saturated carbocycles. The Bertz CT molecular complexity index is 610. The Morgan fingerprint density at radius 2 is 2.05 bits per heavy atom. The van der Waals surface area contributed by atoms with Gasteiger partial charge in [-0.3, -0.25) is 14.9 Å². The van der Waals surface area contributed by atoms with Crippen LogP contribution in [0.15, 0.2) is 41.1 Å². The summed E-state index contributed by atoms with van der Waals surface area (Å²) in [5, 5.41) is 26.8. The number of hydrogen-bond donors (Lipinski definition) is 2. The predicted molar refractivity (Wildman–Crippen MR) is 79.3 cm³/mol. The first-order chi connectivity index (χ1) is 10.1. The number of thiophene rings is 1. The number of amides is 1. The number of nitrogens with one attached hydrogen (secondary N) is 1. The molecule has 1 amide bonds. The molecule has 0 aliphatic rings. The molecule has 0 aliphatic heterocycles. The van der Waals surface area contributed by atoms with E-state index in [0.717, 1.165) is 5.56 Å². The van der Waals surface area contributed by atoms with Crippen molar-refractivity contribution in [2.24, 2.45) is 0 Å². The molecule has 2 aromatic rings. The van der Waals surface area contributed by atoms with Crippen molar-refractivity contribution in [2.75, 3.05) is 6.54 Å². The first-order valence-corrected chi connectivity index (χ1v) is 7.25. The Labute approximate surface area is 125 Å². The smallest absolute Gasteiger partial charge is 0.269 e. The molecule has 1 atom stereocenters. The Morgan fingerprint density at radius 1 is 1.33 bits per heavy atom. The number of nitro benzene ring substituents is 1. The van der Waals surface area contributed by atoms with E-state index in [1.165, 1.54) is 35.6 Å². The van der Waals surface area contributed by atoms with Crippen LogP contribution in [0.1, 0.15) is 28.4 Å². The number of nitro groups is 1. The second kappa shape index (κ2) is 6.96. The van der Waals surface area contributed by atoms with E-state index in [0.29, 0.717) is 18.5 Å². The van der Waals surface area contributed by atoms with E-state index in [9.17, 15) is 20.0 Å². The van der Waals surface area contributed by atoms with Crippen molar-refractivity contribution in [3.05, 3.63) is 62.3 Å². The van der Waals surface area contributed by atoms with Crippen LogP contribution in [0.2, 0.25) is 0 Å². The third-order valence-corrected chi connectivity index (χ3v) is 3.67. The number of carbonyl (C=O) groups excluding carboxylic acids is 1. The third-order valence-electron chi connectivity index (χ3n) is 2.97. The Morgan fingerprint density at radius 3 is 2.62 bits per heavy atom. The molecule has 0 saturated heterocycles. The fraction of sp³-hybridized carbons (Fsp3) is 0.214. The summed E-state index contributed by atoms with van der Waals surface area (Å²) in [6.45, 7) is 0.326. The van der Waals surface area contributed by atoms with Gasteiger partial charge in [-0.1, -0.05) is 0 Å². The highest BCUT2D eigenvalue weighted by molar-refractivity contribution is 7.07. The van der Waals surface area contributed by atoms with E-state index in [2.05, 4.69) is 5.32 Å². The van der Waals surface area contributed by atoms with Gasteiger partial charge in [0.15, 0.2) is 0 Å². The van der Waals surface area contributed by atoms with Gasteiger partial charge in [0.1, 0.15) is 0 Å². The number of non-ortho nitro benzene ring substituents is 1. The average Bonchev–Trinajstić information content (AvgIpc) is 3.01. The van der Waals surface area contributed by atoms with Crippen LogP contribution in [-0.4, -0.2) is 22.5 Å². The van der Waals surface area contributed by atoms with Gasteiger partial charge in [0.2, 0.25) is 0 Å². The van der Waals surface area contributed by atoms with Crippen LogP contribution in [-0.2, 0) is 0 Å². The molecule has 6 nitrogen and oxygen atoms in total. The van der Waals surface area contributed by atoms with Crippen molar-refractivity contribution >= 4 is 22.9 Å². The fourth-order valence-electron chi connectivity index (χ4n) is 1.79. The molecule has 0 bridgehead atoms. The molecule has 2 rings (SSSR count). The lowest BCUT2D eigenvalue weighted by Crippen LogP contribution is -2.25. The molecular formula is C14H14N2O4S. The van der Waals surface area contributed by atoms with Gasteiger partial charge in [0.05, 0.1) is 11.0 Å². The minimum atomic E-state index is -0.603. The number of hydrogen-bond acceptors (Lipinski definition) is 5. The van der Waals surface area contributed by atoms with Crippen LogP contribution in [0, 0.1) is 10.1 Å². The van der Waals surface area contributed by atoms with Crippen LogP contribution in [0.25, 0.3) is 0 Å². The molecule has 1 unspecified atom stereocenters. The maximum absolute atomic E-state index is 11.8. The highest BCUT2D eigenvalue weighted by Crippen LogP contribution is 2.18. The van der Waals surface area contributed by atoms with Crippen molar-refractivity contribution in [3.63, 3.8) is 0 Å². The number of carbonyl (C=O) groups is 1. The molecule has 1 heterocycles. The van der Waals surface area contributed by atoms with Gasteiger partial charge in [-0.25, -0.2) is 0 Å². The minimum Gasteiger partial charge on any atom is -0.388 e. The molecule has 0 spiro atoms. The Balaban J connectivity index is 1.83. The molecule has 0 aliphatic carbocycles. The van der Waals surface area contributed by atoms with E-state index in [4.69, 9.17) is 0 Å². The van der Waals surface area contributed by atoms with Crippen molar-refractivity contribution in [2.45, 2.75) is 12.5 Å². The maximum Gasteiger partial charge on any atom is 0.269 e. The summed E-state index contributed by atoms with van der Waals surface area (Å²) in [5.41, 5.74) is 1.13. The van der Waals surface area contributed by atoms with Crippen molar-refractivity contribution in [3.8, 4) is 0 Å². The summed E-state index contributed by atoms with van der Waals surface area (Å²) in [5.74, 6) is -0.317. The first kappa shape index (κ1) is 15.1. The molecule has 1 aromatic heterocycles. The number of aliphatic hydroxyl groups is 1. The normalized spacial score (nSPS) is 11.9. The number of benzene rings is 1. The van der Waals surface area contributed by atoms with Gasteiger partial charge >= 0.3 is 0 Å². The minimum absolute atomic E-state index is 0.0561. The summed E-state index contributed by atoms with van der Waals surface area (Å²) in [4.78, 5) is 21.8. The first-order valence-electron chi connectivity index (χ1n) is 6.31. The van der Waals surface area contributed by atoms with Crippen molar-refractivity contribution in [1.29, 1.82) is 0 Å². The van der Waals surface area contributed by atoms with Crippen LogP contribution in [0.3, 0.4) is 0 Å². The Hall–Kier alpha value is -2.25. The molecule has 0 fully saturated rings. The van der Waals surface area contributed by atoms with Crippen molar-refractivity contribution < 1.29 is 14.8 Å². The number of nitrogens with zero attached hydrogens (tertiary/aromatic N) is 1. The third kappa shape index (κ3) is 4.11. The lowest BCUT2D eigenvalue weighted by Gasteiger charge is -2.09. The highest BCUT2D eigenvalue weighted by atomic mass is 32.1. The molecule has 1 aromatic carbocycles. The zero-order chi connectivity index (χ0) is 15.2. The zero-order valence-corrected chi connectivity index (χ0v) is 11.9.